The molecule has 0 saturated heterocycles. The predicted octanol–water partition coefficient (Wildman–Crippen LogP) is 4.21. The zero-order chi connectivity index (χ0) is 23.8. The fourth-order valence-electron chi connectivity index (χ4n) is 3.84. The van der Waals surface area contributed by atoms with Gasteiger partial charge in [-0.1, -0.05) is 60.2 Å². The lowest BCUT2D eigenvalue weighted by molar-refractivity contribution is 0.371. The van der Waals surface area contributed by atoms with Crippen LogP contribution in [0.4, 0.5) is 5.69 Å². The Balaban J connectivity index is 1.80. The summed E-state index contributed by atoms with van der Waals surface area (Å²) in [4.78, 5) is 0.208. The molecule has 0 spiro atoms. The third-order valence-corrected chi connectivity index (χ3v) is 7.90. The highest BCUT2D eigenvalue weighted by atomic mass is 32.2. The second-order valence-electron chi connectivity index (χ2n) is 8.18. The second-order valence-corrected chi connectivity index (χ2v) is 11.7. The molecule has 1 unspecified atom stereocenters. The van der Waals surface area contributed by atoms with Crippen molar-refractivity contribution in [1.82, 2.24) is 4.41 Å². The maximum atomic E-state index is 13.7. The molecule has 0 aromatic heterocycles. The first-order valence-corrected chi connectivity index (χ1v) is 13.7. The Morgan fingerprint density at radius 1 is 0.909 bits per heavy atom. The highest BCUT2D eigenvalue weighted by Gasteiger charge is 2.38. The van der Waals surface area contributed by atoms with E-state index in [2.05, 4.69) is 9.82 Å². The summed E-state index contributed by atoms with van der Waals surface area (Å²) in [7, 11) is -7.37. The summed E-state index contributed by atoms with van der Waals surface area (Å²) in [5.41, 5.74) is 4.17. The minimum atomic E-state index is -3.92. The van der Waals surface area contributed by atoms with Crippen molar-refractivity contribution in [2.75, 3.05) is 11.0 Å². The Kier molecular flexibility index (Phi) is 6.02. The van der Waals surface area contributed by atoms with E-state index in [-0.39, 0.29) is 4.90 Å². The van der Waals surface area contributed by atoms with Gasteiger partial charge in [0.05, 0.1) is 22.9 Å². The smallest absolute Gasteiger partial charge is 0.279 e. The van der Waals surface area contributed by atoms with Crippen LogP contribution in [0.25, 0.3) is 0 Å². The van der Waals surface area contributed by atoms with Crippen LogP contribution in [-0.4, -0.2) is 33.2 Å². The van der Waals surface area contributed by atoms with E-state index in [4.69, 9.17) is 0 Å². The molecule has 3 aromatic carbocycles. The molecule has 9 heteroatoms. The molecule has 0 fully saturated rings. The maximum absolute atomic E-state index is 13.7. The average molecular weight is 484 g/mol. The highest BCUT2D eigenvalue weighted by molar-refractivity contribution is 7.92. The summed E-state index contributed by atoms with van der Waals surface area (Å²) >= 11 is 0. The van der Waals surface area contributed by atoms with Crippen LogP contribution < -0.4 is 4.72 Å². The third-order valence-electron chi connectivity index (χ3n) is 5.45. The number of benzene rings is 3. The SMILES string of the molecule is Cc1ccc(C2CC(c3cccc(NS(C)(=O)=O)c3)=NN2S(=O)(=O)c2ccccc2C)cc1. The molecule has 0 amide bonds. The van der Waals surface area contributed by atoms with Crippen molar-refractivity contribution in [3.05, 3.63) is 95.1 Å². The number of rotatable bonds is 6. The number of nitrogens with zero attached hydrogens (tertiary/aromatic N) is 2. The number of hydrogen-bond donors (Lipinski definition) is 1. The van der Waals surface area contributed by atoms with E-state index in [1.54, 1.807) is 55.5 Å². The lowest BCUT2D eigenvalue weighted by Crippen LogP contribution is -2.27. The Bertz CT molecular complexity index is 1430. The van der Waals surface area contributed by atoms with Crippen LogP contribution in [0.3, 0.4) is 0 Å². The van der Waals surface area contributed by atoms with E-state index in [9.17, 15) is 16.8 Å². The summed E-state index contributed by atoms with van der Waals surface area (Å²) in [5, 5.41) is 4.55. The monoisotopic (exact) mass is 483 g/mol. The molecular formula is C24H25N3O4S2. The Morgan fingerprint density at radius 2 is 1.61 bits per heavy atom. The van der Waals surface area contributed by atoms with Gasteiger partial charge in [-0.05, 0) is 48.7 Å². The number of aryl methyl sites for hydroxylation is 2. The summed E-state index contributed by atoms with van der Waals surface area (Å²) < 4.78 is 54.3. The number of anilines is 1. The zero-order valence-corrected chi connectivity index (χ0v) is 20.2. The molecule has 1 N–H and O–H groups in total. The lowest BCUT2D eigenvalue weighted by atomic mass is 9.98. The van der Waals surface area contributed by atoms with Crippen molar-refractivity contribution < 1.29 is 16.8 Å². The standard InChI is InChI=1S/C24H25N3O4S2/c1-17-11-13-19(14-12-17)23-16-22(20-8-6-9-21(15-20)26-32(3,28)29)25-27(23)33(30,31)24-10-5-4-7-18(24)2/h4-15,23,26H,16H2,1-3H3. The molecule has 3 aromatic rings. The molecule has 33 heavy (non-hydrogen) atoms. The Morgan fingerprint density at radius 3 is 2.27 bits per heavy atom. The van der Waals surface area contributed by atoms with Crippen molar-refractivity contribution in [3.63, 3.8) is 0 Å². The number of nitrogens with one attached hydrogen (secondary N) is 1. The third kappa shape index (κ3) is 4.94. The summed E-state index contributed by atoms with van der Waals surface area (Å²) in [6.07, 6.45) is 1.44. The van der Waals surface area contributed by atoms with Gasteiger partial charge in [-0.25, -0.2) is 8.42 Å². The van der Waals surface area contributed by atoms with Crippen LogP contribution in [-0.2, 0) is 20.0 Å². The van der Waals surface area contributed by atoms with Gasteiger partial charge in [0.15, 0.2) is 0 Å². The van der Waals surface area contributed by atoms with Gasteiger partial charge in [-0.15, -0.1) is 0 Å². The fourth-order valence-corrected chi connectivity index (χ4v) is 6.06. The van der Waals surface area contributed by atoms with Crippen molar-refractivity contribution in [2.24, 2.45) is 5.10 Å². The van der Waals surface area contributed by atoms with Crippen molar-refractivity contribution >= 4 is 31.4 Å². The van der Waals surface area contributed by atoms with Gasteiger partial charge in [-0.2, -0.15) is 17.9 Å². The molecule has 0 saturated carbocycles. The normalized spacial score (nSPS) is 16.5. The molecule has 0 bridgehead atoms. The predicted molar refractivity (Wildman–Crippen MR) is 130 cm³/mol. The van der Waals surface area contributed by atoms with Gasteiger partial charge in [0.25, 0.3) is 10.0 Å². The van der Waals surface area contributed by atoms with E-state index in [1.807, 2.05) is 31.2 Å². The van der Waals surface area contributed by atoms with Crippen LogP contribution in [0.5, 0.6) is 0 Å². The maximum Gasteiger partial charge on any atom is 0.279 e. The van der Waals surface area contributed by atoms with Gasteiger partial charge in [0.1, 0.15) is 0 Å². The average Bonchev–Trinajstić information content (AvgIpc) is 3.20. The molecule has 4 rings (SSSR count). The molecule has 0 radical (unpaired) electrons. The van der Waals surface area contributed by atoms with Gasteiger partial charge >= 0.3 is 0 Å². The fraction of sp³-hybridized carbons (Fsp3) is 0.208. The molecule has 1 heterocycles. The Labute approximate surface area is 194 Å². The van der Waals surface area contributed by atoms with Crippen molar-refractivity contribution in [1.29, 1.82) is 0 Å². The summed E-state index contributed by atoms with van der Waals surface area (Å²) in [6, 6.07) is 20.9. The molecular weight excluding hydrogens is 458 g/mol. The van der Waals surface area contributed by atoms with E-state index in [1.165, 1.54) is 4.41 Å². The van der Waals surface area contributed by atoms with Crippen molar-refractivity contribution in [3.8, 4) is 0 Å². The van der Waals surface area contributed by atoms with Crippen LogP contribution >= 0.6 is 0 Å². The van der Waals surface area contributed by atoms with Crippen molar-refractivity contribution in [2.45, 2.75) is 31.2 Å². The highest BCUT2D eigenvalue weighted by Crippen LogP contribution is 2.38. The van der Waals surface area contributed by atoms with E-state index in [0.717, 1.165) is 17.4 Å². The van der Waals surface area contributed by atoms with E-state index < -0.39 is 26.1 Å². The van der Waals surface area contributed by atoms with E-state index >= 15 is 0 Å². The molecule has 1 aliphatic rings. The first-order valence-electron chi connectivity index (χ1n) is 10.4. The molecule has 172 valence electrons. The number of hydrogen-bond acceptors (Lipinski definition) is 5. The minimum Gasteiger partial charge on any atom is -0.284 e. The summed E-state index contributed by atoms with van der Waals surface area (Å²) in [5.74, 6) is 0. The zero-order valence-electron chi connectivity index (χ0n) is 18.6. The largest absolute Gasteiger partial charge is 0.284 e. The first-order chi connectivity index (χ1) is 15.5. The van der Waals surface area contributed by atoms with Crippen LogP contribution in [0.1, 0.15) is 34.7 Å². The van der Waals surface area contributed by atoms with Crippen LogP contribution in [0.15, 0.2) is 82.8 Å². The van der Waals surface area contributed by atoms with Gasteiger partial charge < -0.3 is 0 Å². The van der Waals surface area contributed by atoms with Crippen LogP contribution in [0, 0.1) is 13.8 Å². The molecule has 1 atom stereocenters. The van der Waals surface area contributed by atoms with Crippen LogP contribution in [0.2, 0.25) is 0 Å². The first kappa shape index (κ1) is 23.0. The number of hydrazone groups is 1. The minimum absolute atomic E-state index is 0.208. The van der Waals surface area contributed by atoms with Gasteiger partial charge in [0.2, 0.25) is 10.0 Å². The quantitative estimate of drug-likeness (QED) is 0.568. The van der Waals surface area contributed by atoms with Gasteiger partial charge in [0, 0.05) is 12.1 Å². The van der Waals surface area contributed by atoms with Gasteiger partial charge in [-0.3, -0.25) is 4.72 Å². The lowest BCUT2D eigenvalue weighted by Gasteiger charge is -2.24. The summed E-state index contributed by atoms with van der Waals surface area (Å²) in [6.45, 7) is 3.73. The Hall–Kier alpha value is -3.17. The van der Waals surface area contributed by atoms with E-state index in [0.29, 0.717) is 28.9 Å². The topological polar surface area (TPSA) is 95.9 Å². The molecule has 0 aliphatic carbocycles. The molecule has 1 aliphatic heterocycles. The second kappa shape index (κ2) is 8.64. The number of sulfonamides is 2. The molecule has 7 nitrogen and oxygen atoms in total.